The van der Waals surface area contributed by atoms with Gasteiger partial charge in [-0.2, -0.15) is 0 Å². The summed E-state index contributed by atoms with van der Waals surface area (Å²) in [5, 5.41) is 3.35. The Morgan fingerprint density at radius 2 is 1.83 bits per heavy atom. The summed E-state index contributed by atoms with van der Waals surface area (Å²) in [6.45, 7) is 7.31. The zero-order valence-corrected chi connectivity index (χ0v) is 11.9. The average molecular weight is 250 g/mol. The standard InChI is InChI=1S/C14H26N4/c1-4-6-7-9-18(3)14-16-11-13(12-17-14)10-15-8-5-2/h11-12,15H,4-10H2,1-3H3. The van der Waals surface area contributed by atoms with Crippen LogP contribution in [0.3, 0.4) is 0 Å². The van der Waals surface area contributed by atoms with Gasteiger partial charge in [-0.05, 0) is 19.4 Å². The van der Waals surface area contributed by atoms with E-state index in [4.69, 9.17) is 0 Å². The molecule has 1 aromatic heterocycles. The first-order valence-electron chi connectivity index (χ1n) is 7.00. The van der Waals surface area contributed by atoms with Gasteiger partial charge in [0.15, 0.2) is 0 Å². The molecule has 0 saturated carbocycles. The zero-order chi connectivity index (χ0) is 13.2. The monoisotopic (exact) mass is 250 g/mol. The van der Waals surface area contributed by atoms with Gasteiger partial charge in [0.05, 0.1) is 0 Å². The Morgan fingerprint density at radius 1 is 1.11 bits per heavy atom. The number of nitrogens with one attached hydrogen (secondary N) is 1. The molecule has 0 aliphatic carbocycles. The van der Waals surface area contributed by atoms with E-state index in [9.17, 15) is 0 Å². The normalized spacial score (nSPS) is 10.6. The molecule has 0 saturated heterocycles. The van der Waals surface area contributed by atoms with Gasteiger partial charge in [-0.15, -0.1) is 0 Å². The minimum atomic E-state index is 0.824. The molecule has 0 bridgehead atoms. The third kappa shape index (κ3) is 5.45. The number of rotatable bonds is 9. The van der Waals surface area contributed by atoms with Crippen molar-refractivity contribution >= 4 is 5.95 Å². The summed E-state index contributed by atoms with van der Waals surface area (Å²) in [6, 6.07) is 0. The highest BCUT2D eigenvalue weighted by molar-refractivity contribution is 5.28. The molecule has 4 nitrogen and oxygen atoms in total. The molecule has 0 aromatic carbocycles. The summed E-state index contributed by atoms with van der Waals surface area (Å²) in [4.78, 5) is 10.9. The van der Waals surface area contributed by atoms with Crippen LogP contribution >= 0.6 is 0 Å². The molecular weight excluding hydrogens is 224 g/mol. The topological polar surface area (TPSA) is 41.1 Å². The van der Waals surface area contributed by atoms with E-state index in [1.54, 1.807) is 0 Å². The van der Waals surface area contributed by atoms with Crippen molar-refractivity contribution in [3.8, 4) is 0 Å². The van der Waals surface area contributed by atoms with Crippen LogP contribution in [0.2, 0.25) is 0 Å². The second kappa shape index (κ2) is 8.86. The molecule has 0 unspecified atom stereocenters. The Morgan fingerprint density at radius 3 is 2.44 bits per heavy atom. The summed E-state index contributed by atoms with van der Waals surface area (Å²) < 4.78 is 0. The van der Waals surface area contributed by atoms with Crippen molar-refractivity contribution in [2.75, 3.05) is 25.0 Å². The van der Waals surface area contributed by atoms with Gasteiger partial charge in [0, 0.05) is 38.1 Å². The highest BCUT2D eigenvalue weighted by atomic mass is 15.2. The molecule has 0 amide bonds. The number of anilines is 1. The Hall–Kier alpha value is -1.16. The first-order chi connectivity index (χ1) is 8.77. The molecule has 1 rings (SSSR count). The maximum Gasteiger partial charge on any atom is 0.224 e. The average Bonchev–Trinajstić information content (AvgIpc) is 2.40. The Bertz CT molecular complexity index is 310. The predicted octanol–water partition coefficient (Wildman–Crippen LogP) is 2.60. The fraction of sp³-hybridized carbons (Fsp3) is 0.714. The largest absolute Gasteiger partial charge is 0.344 e. The van der Waals surface area contributed by atoms with E-state index in [0.29, 0.717) is 0 Å². The van der Waals surface area contributed by atoms with Gasteiger partial charge in [0.25, 0.3) is 0 Å². The number of unbranched alkanes of at least 4 members (excludes halogenated alkanes) is 2. The van der Waals surface area contributed by atoms with Crippen LogP contribution in [-0.2, 0) is 6.54 Å². The summed E-state index contributed by atoms with van der Waals surface area (Å²) in [7, 11) is 2.06. The fourth-order valence-electron chi connectivity index (χ4n) is 1.74. The zero-order valence-electron chi connectivity index (χ0n) is 11.9. The third-order valence-electron chi connectivity index (χ3n) is 2.89. The van der Waals surface area contributed by atoms with Crippen molar-refractivity contribution < 1.29 is 0 Å². The van der Waals surface area contributed by atoms with Gasteiger partial charge in [-0.3, -0.25) is 0 Å². The SMILES string of the molecule is CCCCCN(C)c1ncc(CNCCC)cn1. The number of aromatic nitrogens is 2. The van der Waals surface area contributed by atoms with Gasteiger partial charge in [-0.1, -0.05) is 26.7 Å². The second-order valence-electron chi connectivity index (χ2n) is 4.70. The summed E-state index contributed by atoms with van der Waals surface area (Å²) >= 11 is 0. The molecule has 1 heterocycles. The van der Waals surface area contributed by atoms with Crippen molar-refractivity contribution in [3.63, 3.8) is 0 Å². The van der Waals surface area contributed by atoms with E-state index in [2.05, 4.69) is 41.1 Å². The smallest absolute Gasteiger partial charge is 0.224 e. The Labute approximate surface area is 111 Å². The molecule has 102 valence electrons. The van der Waals surface area contributed by atoms with Gasteiger partial charge < -0.3 is 10.2 Å². The number of hydrogen-bond donors (Lipinski definition) is 1. The summed E-state index contributed by atoms with van der Waals surface area (Å²) in [5.74, 6) is 0.824. The molecular formula is C14H26N4. The van der Waals surface area contributed by atoms with Gasteiger partial charge in [-0.25, -0.2) is 9.97 Å². The van der Waals surface area contributed by atoms with E-state index < -0.39 is 0 Å². The van der Waals surface area contributed by atoms with Crippen molar-refractivity contribution in [1.29, 1.82) is 0 Å². The molecule has 0 aliphatic rings. The lowest BCUT2D eigenvalue weighted by atomic mass is 10.2. The van der Waals surface area contributed by atoms with Crippen molar-refractivity contribution in [2.45, 2.75) is 46.1 Å². The van der Waals surface area contributed by atoms with E-state index in [0.717, 1.165) is 37.6 Å². The Kier molecular flexibility index (Phi) is 7.34. The predicted molar refractivity (Wildman–Crippen MR) is 76.8 cm³/mol. The van der Waals surface area contributed by atoms with Crippen LogP contribution in [0.15, 0.2) is 12.4 Å². The lowest BCUT2D eigenvalue weighted by Gasteiger charge is -2.16. The lowest BCUT2D eigenvalue weighted by molar-refractivity contribution is 0.669. The van der Waals surface area contributed by atoms with Crippen LogP contribution < -0.4 is 10.2 Å². The number of hydrogen-bond acceptors (Lipinski definition) is 4. The van der Waals surface area contributed by atoms with Crippen LogP contribution in [0.4, 0.5) is 5.95 Å². The molecule has 0 spiro atoms. The molecule has 1 aromatic rings. The van der Waals surface area contributed by atoms with Crippen LogP contribution in [0.25, 0.3) is 0 Å². The van der Waals surface area contributed by atoms with Crippen molar-refractivity contribution in [1.82, 2.24) is 15.3 Å². The fourth-order valence-corrected chi connectivity index (χ4v) is 1.74. The van der Waals surface area contributed by atoms with Gasteiger partial charge in [0.1, 0.15) is 0 Å². The van der Waals surface area contributed by atoms with Crippen LogP contribution in [-0.4, -0.2) is 30.1 Å². The highest BCUT2D eigenvalue weighted by Crippen LogP contribution is 2.06. The first-order valence-corrected chi connectivity index (χ1v) is 7.00. The first kappa shape index (κ1) is 14.9. The molecule has 0 radical (unpaired) electrons. The molecule has 1 N–H and O–H groups in total. The van der Waals surface area contributed by atoms with E-state index >= 15 is 0 Å². The molecule has 0 aliphatic heterocycles. The van der Waals surface area contributed by atoms with Crippen LogP contribution in [0.5, 0.6) is 0 Å². The van der Waals surface area contributed by atoms with Crippen LogP contribution in [0.1, 0.15) is 45.1 Å². The molecule has 4 heteroatoms. The maximum atomic E-state index is 4.41. The van der Waals surface area contributed by atoms with E-state index in [1.165, 1.54) is 19.3 Å². The molecule has 0 fully saturated rings. The second-order valence-corrected chi connectivity index (χ2v) is 4.70. The lowest BCUT2D eigenvalue weighted by Crippen LogP contribution is -2.21. The minimum Gasteiger partial charge on any atom is -0.344 e. The van der Waals surface area contributed by atoms with E-state index in [1.807, 2.05) is 12.4 Å². The quantitative estimate of drug-likeness (QED) is 0.684. The van der Waals surface area contributed by atoms with E-state index in [-0.39, 0.29) is 0 Å². The molecule has 18 heavy (non-hydrogen) atoms. The third-order valence-corrected chi connectivity index (χ3v) is 2.89. The summed E-state index contributed by atoms with van der Waals surface area (Å²) in [5.41, 5.74) is 1.15. The maximum absolute atomic E-state index is 4.41. The molecule has 0 atom stereocenters. The highest BCUT2D eigenvalue weighted by Gasteiger charge is 2.03. The van der Waals surface area contributed by atoms with Gasteiger partial charge in [0.2, 0.25) is 5.95 Å². The number of nitrogens with zero attached hydrogens (tertiary/aromatic N) is 3. The van der Waals surface area contributed by atoms with Crippen LogP contribution in [0, 0.1) is 0 Å². The Balaban J connectivity index is 2.38. The minimum absolute atomic E-state index is 0.824. The van der Waals surface area contributed by atoms with Crippen molar-refractivity contribution in [2.24, 2.45) is 0 Å². The van der Waals surface area contributed by atoms with Crippen molar-refractivity contribution in [3.05, 3.63) is 18.0 Å². The summed E-state index contributed by atoms with van der Waals surface area (Å²) in [6.07, 6.45) is 8.71. The van der Waals surface area contributed by atoms with Gasteiger partial charge >= 0.3 is 0 Å².